The van der Waals surface area contributed by atoms with Crippen molar-refractivity contribution >= 4 is 17.7 Å². The molecule has 0 spiro atoms. The van der Waals surface area contributed by atoms with Crippen molar-refractivity contribution < 1.29 is 9.18 Å². The van der Waals surface area contributed by atoms with Crippen molar-refractivity contribution in [3.8, 4) is 0 Å². The molecule has 1 aromatic heterocycles. The number of nitrogens with zero attached hydrogens (tertiary/aromatic N) is 1. The molecule has 0 fully saturated rings. The van der Waals surface area contributed by atoms with Gasteiger partial charge in [-0.05, 0) is 48.9 Å². The Morgan fingerprint density at radius 3 is 2.48 bits per heavy atom. The van der Waals surface area contributed by atoms with Crippen molar-refractivity contribution in [2.45, 2.75) is 22.9 Å². The zero-order valence-electron chi connectivity index (χ0n) is 13.6. The summed E-state index contributed by atoms with van der Waals surface area (Å²) in [6.45, 7) is 1.87. The number of benzene rings is 2. The molecule has 2 aromatic carbocycles. The third-order valence-electron chi connectivity index (χ3n) is 3.69. The zero-order chi connectivity index (χ0) is 17.6. The Morgan fingerprint density at radius 2 is 1.76 bits per heavy atom. The number of carbonyl (C=O) groups excluding carboxylic acids is 1. The van der Waals surface area contributed by atoms with Crippen LogP contribution in [0.5, 0.6) is 0 Å². The average molecular weight is 352 g/mol. The molecule has 3 rings (SSSR count). The molecule has 0 aliphatic carbocycles. The van der Waals surface area contributed by atoms with E-state index in [-0.39, 0.29) is 17.8 Å². The van der Waals surface area contributed by atoms with Crippen molar-refractivity contribution in [1.82, 2.24) is 10.3 Å². The van der Waals surface area contributed by atoms with Crippen LogP contribution in [0.3, 0.4) is 0 Å². The number of rotatable bonds is 5. The van der Waals surface area contributed by atoms with Gasteiger partial charge in [0, 0.05) is 11.1 Å². The van der Waals surface area contributed by atoms with Crippen LogP contribution in [0.4, 0.5) is 4.39 Å². The molecule has 25 heavy (non-hydrogen) atoms. The van der Waals surface area contributed by atoms with Crippen LogP contribution in [-0.4, -0.2) is 10.9 Å². The first-order valence-electron chi connectivity index (χ1n) is 7.88. The summed E-state index contributed by atoms with van der Waals surface area (Å²) < 4.78 is 13.0. The summed E-state index contributed by atoms with van der Waals surface area (Å²) in [6, 6.07) is 19.2. The van der Waals surface area contributed by atoms with E-state index in [1.54, 1.807) is 30.5 Å². The molecule has 0 saturated carbocycles. The predicted octanol–water partition coefficient (Wildman–Crippen LogP) is 4.86. The number of hydrogen-bond acceptors (Lipinski definition) is 3. The van der Waals surface area contributed by atoms with Crippen LogP contribution < -0.4 is 5.32 Å². The number of hydrogen-bond donors (Lipinski definition) is 1. The molecule has 1 heterocycles. The van der Waals surface area contributed by atoms with E-state index in [2.05, 4.69) is 10.3 Å². The van der Waals surface area contributed by atoms with Gasteiger partial charge in [-0.25, -0.2) is 9.37 Å². The predicted molar refractivity (Wildman–Crippen MR) is 97.1 cm³/mol. The number of halogens is 1. The van der Waals surface area contributed by atoms with Gasteiger partial charge in [0.15, 0.2) is 0 Å². The molecule has 0 aliphatic rings. The quantitative estimate of drug-likeness (QED) is 0.713. The average Bonchev–Trinajstić information content (AvgIpc) is 2.63. The lowest BCUT2D eigenvalue weighted by Crippen LogP contribution is -2.27. The second kappa shape index (κ2) is 7.94. The minimum Gasteiger partial charge on any atom is -0.345 e. The van der Waals surface area contributed by atoms with Crippen LogP contribution in [0.1, 0.15) is 28.9 Å². The minimum absolute atomic E-state index is 0.205. The molecule has 126 valence electrons. The van der Waals surface area contributed by atoms with Crippen molar-refractivity contribution in [1.29, 1.82) is 0 Å². The van der Waals surface area contributed by atoms with E-state index >= 15 is 0 Å². The number of pyridine rings is 1. The Kier molecular flexibility index (Phi) is 5.46. The van der Waals surface area contributed by atoms with Gasteiger partial charge >= 0.3 is 0 Å². The van der Waals surface area contributed by atoms with E-state index in [1.165, 1.54) is 23.9 Å². The number of aromatic nitrogens is 1. The van der Waals surface area contributed by atoms with Gasteiger partial charge in [0.25, 0.3) is 5.91 Å². The van der Waals surface area contributed by atoms with Crippen LogP contribution in [-0.2, 0) is 0 Å². The van der Waals surface area contributed by atoms with Crippen LogP contribution in [0.15, 0.2) is 82.8 Å². The van der Waals surface area contributed by atoms with Crippen LogP contribution in [0.25, 0.3) is 0 Å². The Balaban J connectivity index is 1.77. The highest BCUT2D eigenvalue weighted by atomic mass is 32.2. The summed E-state index contributed by atoms with van der Waals surface area (Å²) in [4.78, 5) is 18.0. The molecule has 0 saturated heterocycles. The lowest BCUT2D eigenvalue weighted by molar-refractivity contribution is 0.0936. The number of nitrogens with one attached hydrogen (secondary N) is 1. The van der Waals surface area contributed by atoms with Crippen molar-refractivity contribution in [2.75, 3.05) is 0 Å². The van der Waals surface area contributed by atoms with E-state index in [1.807, 2.05) is 37.3 Å². The van der Waals surface area contributed by atoms with Gasteiger partial charge in [-0.2, -0.15) is 0 Å². The molecule has 0 bridgehead atoms. The molecule has 3 aromatic rings. The summed E-state index contributed by atoms with van der Waals surface area (Å²) in [5.41, 5.74) is 1.36. The van der Waals surface area contributed by atoms with Crippen LogP contribution in [0.2, 0.25) is 0 Å². The molecule has 3 nitrogen and oxygen atoms in total. The zero-order valence-corrected chi connectivity index (χ0v) is 14.5. The lowest BCUT2D eigenvalue weighted by Gasteiger charge is -2.15. The molecular weight excluding hydrogens is 335 g/mol. The molecule has 0 radical (unpaired) electrons. The molecule has 1 unspecified atom stereocenters. The lowest BCUT2D eigenvalue weighted by atomic mass is 10.1. The normalized spacial score (nSPS) is 11.8. The van der Waals surface area contributed by atoms with Gasteiger partial charge in [-0.3, -0.25) is 4.79 Å². The molecule has 1 N–H and O–H groups in total. The molecule has 0 aliphatic heterocycles. The molecule has 1 atom stereocenters. The highest BCUT2D eigenvalue weighted by Gasteiger charge is 2.16. The van der Waals surface area contributed by atoms with Crippen molar-refractivity contribution in [3.63, 3.8) is 0 Å². The second-order valence-electron chi connectivity index (χ2n) is 5.52. The third-order valence-corrected chi connectivity index (χ3v) is 4.72. The second-order valence-corrected chi connectivity index (χ2v) is 6.58. The fourth-order valence-electron chi connectivity index (χ4n) is 2.35. The van der Waals surface area contributed by atoms with Crippen LogP contribution in [0, 0.1) is 5.82 Å². The largest absolute Gasteiger partial charge is 0.345 e. The molecular formula is C20H17FN2OS. The summed E-state index contributed by atoms with van der Waals surface area (Å²) >= 11 is 1.45. The minimum atomic E-state index is -0.295. The summed E-state index contributed by atoms with van der Waals surface area (Å²) in [5, 5.41) is 3.59. The number of carbonyl (C=O) groups is 1. The van der Waals surface area contributed by atoms with Crippen molar-refractivity contribution in [3.05, 3.63) is 89.9 Å². The molecule has 5 heteroatoms. The van der Waals surface area contributed by atoms with E-state index < -0.39 is 0 Å². The summed E-state index contributed by atoms with van der Waals surface area (Å²) in [5.74, 6) is -0.501. The Morgan fingerprint density at radius 1 is 1.04 bits per heavy atom. The Hall–Kier alpha value is -2.66. The van der Waals surface area contributed by atoms with E-state index in [0.29, 0.717) is 10.6 Å². The summed E-state index contributed by atoms with van der Waals surface area (Å²) in [7, 11) is 0. The van der Waals surface area contributed by atoms with Gasteiger partial charge in [-0.15, -0.1) is 0 Å². The highest BCUT2D eigenvalue weighted by Crippen LogP contribution is 2.28. The topological polar surface area (TPSA) is 42.0 Å². The highest BCUT2D eigenvalue weighted by molar-refractivity contribution is 7.99. The first kappa shape index (κ1) is 17.2. The fourth-order valence-corrected chi connectivity index (χ4v) is 3.26. The van der Waals surface area contributed by atoms with E-state index in [4.69, 9.17) is 0 Å². The standard InChI is InChI=1S/C20H17FN2OS/c1-14(15-9-11-16(21)12-10-15)23-19(24)18-8-5-13-22-20(18)25-17-6-3-2-4-7-17/h2-14H,1H3,(H,23,24). The summed E-state index contributed by atoms with van der Waals surface area (Å²) in [6.07, 6.45) is 1.67. The van der Waals surface area contributed by atoms with Gasteiger partial charge < -0.3 is 5.32 Å². The third kappa shape index (κ3) is 4.45. The fraction of sp³-hybridized carbons (Fsp3) is 0.100. The number of amides is 1. The molecule has 1 amide bonds. The Labute approximate surface area is 150 Å². The first-order chi connectivity index (χ1) is 12.1. The van der Waals surface area contributed by atoms with E-state index in [0.717, 1.165) is 10.5 Å². The smallest absolute Gasteiger partial charge is 0.254 e. The van der Waals surface area contributed by atoms with E-state index in [9.17, 15) is 9.18 Å². The van der Waals surface area contributed by atoms with Crippen LogP contribution >= 0.6 is 11.8 Å². The van der Waals surface area contributed by atoms with Gasteiger partial charge in [-0.1, -0.05) is 42.1 Å². The first-order valence-corrected chi connectivity index (χ1v) is 8.69. The monoisotopic (exact) mass is 352 g/mol. The maximum absolute atomic E-state index is 13.0. The van der Waals surface area contributed by atoms with Gasteiger partial charge in [0.1, 0.15) is 10.8 Å². The van der Waals surface area contributed by atoms with Gasteiger partial charge in [0.2, 0.25) is 0 Å². The maximum Gasteiger partial charge on any atom is 0.254 e. The SMILES string of the molecule is CC(NC(=O)c1cccnc1Sc1ccccc1)c1ccc(F)cc1. The van der Waals surface area contributed by atoms with Gasteiger partial charge in [0.05, 0.1) is 11.6 Å². The van der Waals surface area contributed by atoms with Crippen molar-refractivity contribution in [2.24, 2.45) is 0 Å². The Bertz CT molecular complexity index is 853. The maximum atomic E-state index is 13.0.